The molecular weight excluding hydrogens is 268 g/mol. The molecule has 1 unspecified atom stereocenters. The number of hydrogen-bond donors (Lipinski definition) is 1. The van der Waals surface area contributed by atoms with Crippen molar-refractivity contribution in [2.75, 3.05) is 25.1 Å². The third-order valence-electron chi connectivity index (χ3n) is 3.47. The van der Waals surface area contributed by atoms with Gasteiger partial charge in [0.25, 0.3) is 0 Å². The van der Waals surface area contributed by atoms with Crippen molar-refractivity contribution in [3.63, 3.8) is 0 Å². The first kappa shape index (κ1) is 15.1. The lowest BCUT2D eigenvalue weighted by Crippen LogP contribution is -2.30. The summed E-state index contributed by atoms with van der Waals surface area (Å²) in [5.41, 5.74) is 0.864. The minimum atomic E-state index is -0.118. The fraction of sp³-hybridized carbons (Fsp3) is 0.375. The molecule has 1 N–H and O–H groups in total. The number of amides is 2. The number of allylic oxidation sites excluding steroid dienone is 1. The van der Waals surface area contributed by atoms with Crippen LogP contribution in [0.1, 0.15) is 13.3 Å². The van der Waals surface area contributed by atoms with E-state index in [1.807, 2.05) is 24.3 Å². The molecule has 1 aromatic carbocycles. The number of rotatable bonds is 5. The van der Waals surface area contributed by atoms with Gasteiger partial charge in [-0.3, -0.25) is 9.59 Å². The van der Waals surface area contributed by atoms with Gasteiger partial charge in [-0.2, -0.15) is 0 Å². The number of hydrogen-bond acceptors (Lipinski definition) is 3. The predicted molar refractivity (Wildman–Crippen MR) is 81.3 cm³/mol. The Kier molecular flexibility index (Phi) is 4.98. The molecule has 0 aliphatic carbocycles. The monoisotopic (exact) mass is 288 g/mol. The Balaban J connectivity index is 1.94. The first-order valence-electron chi connectivity index (χ1n) is 6.99. The van der Waals surface area contributed by atoms with E-state index in [4.69, 9.17) is 4.74 Å². The van der Waals surface area contributed by atoms with Crippen molar-refractivity contribution in [1.82, 2.24) is 5.32 Å². The Morgan fingerprint density at radius 1 is 1.43 bits per heavy atom. The summed E-state index contributed by atoms with van der Waals surface area (Å²) in [5, 5.41) is 2.81. The van der Waals surface area contributed by atoms with E-state index in [2.05, 4.69) is 5.32 Å². The number of nitrogens with one attached hydrogen (secondary N) is 1. The van der Waals surface area contributed by atoms with Crippen LogP contribution in [-0.2, 0) is 9.59 Å². The highest BCUT2D eigenvalue weighted by molar-refractivity contribution is 5.96. The molecule has 1 fully saturated rings. The number of ether oxygens (including phenoxy) is 1. The SMILES string of the molecule is C/C=C\C(=O)NCC1CC(=O)N(c2ccc(OC)cc2)C1. The van der Waals surface area contributed by atoms with E-state index < -0.39 is 0 Å². The maximum absolute atomic E-state index is 12.1. The van der Waals surface area contributed by atoms with Crippen LogP contribution < -0.4 is 15.0 Å². The summed E-state index contributed by atoms with van der Waals surface area (Å²) in [7, 11) is 1.61. The summed E-state index contributed by atoms with van der Waals surface area (Å²) in [5.74, 6) is 0.882. The second kappa shape index (κ2) is 6.92. The molecule has 1 aliphatic rings. The van der Waals surface area contributed by atoms with Crippen LogP contribution in [0.2, 0.25) is 0 Å². The zero-order chi connectivity index (χ0) is 15.2. The summed E-state index contributed by atoms with van der Waals surface area (Å²) in [4.78, 5) is 25.2. The standard InChI is InChI=1S/C16H20N2O3/c1-3-4-15(19)17-10-12-9-16(20)18(11-12)13-5-7-14(21-2)8-6-13/h3-8,12H,9-11H2,1-2H3,(H,17,19)/b4-3-. The van der Waals surface area contributed by atoms with E-state index in [9.17, 15) is 9.59 Å². The molecule has 5 heteroatoms. The summed E-state index contributed by atoms with van der Waals surface area (Å²) in [6.45, 7) is 2.94. The maximum Gasteiger partial charge on any atom is 0.243 e. The molecule has 112 valence electrons. The lowest BCUT2D eigenvalue weighted by molar-refractivity contribution is -0.118. The van der Waals surface area contributed by atoms with Crippen molar-refractivity contribution in [3.05, 3.63) is 36.4 Å². The van der Waals surface area contributed by atoms with Crippen LogP contribution in [0.4, 0.5) is 5.69 Å². The first-order chi connectivity index (χ1) is 10.1. The number of carbonyl (C=O) groups is 2. The third kappa shape index (κ3) is 3.84. The van der Waals surface area contributed by atoms with Crippen LogP contribution in [0.3, 0.4) is 0 Å². The number of benzene rings is 1. The Labute approximate surface area is 124 Å². The minimum absolute atomic E-state index is 0.0884. The molecule has 21 heavy (non-hydrogen) atoms. The van der Waals surface area contributed by atoms with Crippen LogP contribution in [0.15, 0.2) is 36.4 Å². The fourth-order valence-electron chi connectivity index (χ4n) is 2.39. The van der Waals surface area contributed by atoms with E-state index in [0.717, 1.165) is 11.4 Å². The van der Waals surface area contributed by atoms with Crippen molar-refractivity contribution in [1.29, 1.82) is 0 Å². The average Bonchev–Trinajstić information content (AvgIpc) is 2.87. The number of methoxy groups -OCH3 is 1. The van der Waals surface area contributed by atoms with Gasteiger partial charge in [0.05, 0.1) is 7.11 Å². The van der Waals surface area contributed by atoms with Gasteiger partial charge >= 0.3 is 0 Å². The molecule has 1 atom stereocenters. The van der Waals surface area contributed by atoms with Gasteiger partial charge in [0, 0.05) is 31.1 Å². The quantitative estimate of drug-likeness (QED) is 0.840. The first-order valence-corrected chi connectivity index (χ1v) is 6.99. The zero-order valence-corrected chi connectivity index (χ0v) is 12.3. The minimum Gasteiger partial charge on any atom is -0.497 e. The maximum atomic E-state index is 12.1. The largest absolute Gasteiger partial charge is 0.497 e. The van der Waals surface area contributed by atoms with E-state index >= 15 is 0 Å². The van der Waals surface area contributed by atoms with Crippen molar-refractivity contribution >= 4 is 17.5 Å². The van der Waals surface area contributed by atoms with Crippen molar-refractivity contribution in [2.45, 2.75) is 13.3 Å². The van der Waals surface area contributed by atoms with Crippen molar-refractivity contribution < 1.29 is 14.3 Å². The number of nitrogens with zero attached hydrogens (tertiary/aromatic N) is 1. The van der Waals surface area contributed by atoms with Gasteiger partial charge in [0.2, 0.25) is 11.8 Å². The highest BCUT2D eigenvalue weighted by Gasteiger charge is 2.30. The average molecular weight is 288 g/mol. The Hall–Kier alpha value is -2.30. The van der Waals surface area contributed by atoms with Crippen LogP contribution in [0, 0.1) is 5.92 Å². The lowest BCUT2D eigenvalue weighted by atomic mass is 10.1. The van der Waals surface area contributed by atoms with Crippen LogP contribution in [0.5, 0.6) is 5.75 Å². The Morgan fingerprint density at radius 2 is 2.14 bits per heavy atom. The molecule has 5 nitrogen and oxygen atoms in total. The van der Waals surface area contributed by atoms with Crippen LogP contribution >= 0.6 is 0 Å². The van der Waals surface area contributed by atoms with Crippen molar-refractivity contribution in [3.8, 4) is 5.75 Å². The van der Waals surface area contributed by atoms with Gasteiger partial charge in [0.15, 0.2) is 0 Å². The van der Waals surface area contributed by atoms with E-state index in [1.165, 1.54) is 6.08 Å². The van der Waals surface area contributed by atoms with Gasteiger partial charge < -0.3 is 15.0 Å². The highest BCUT2D eigenvalue weighted by atomic mass is 16.5. The summed E-state index contributed by atoms with van der Waals surface area (Å²) in [6, 6.07) is 7.42. The lowest BCUT2D eigenvalue weighted by Gasteiger charge is -2.17. The molecular formula is C16H20N2O3. The van der Waals surface area contributed by atoms with Gasteiger partial charge in [-0.25, -0.2) is 0 Å². The van der Waals surface area contributed by atoms with Gasteiger partial charge in [0.1, 0.15) is 5.75 Å². The summed E-state index contributed by atoms with van der Waals surface area (Å²) < 4.78 is 5.11. The summed E-state index contributed by atoms with van der Waals surface area (Å²) >= 11 is 0. The molecule has 1 heterocycles. The molecule has 0 saturated carbocycles. The molecule has 1 aliphatic heterocycles. The normalized spacial score (nSPS) is 18.3. The molecule has 0 spiro atoms. The Bertz CT molecular complexity index is 537. The number of carbonyl (C=O) groups excluding carboxylic acids is 2. The second-order valence-electron chi connectivity index (χ2n) is 5.02. The van der Waals surface area contributed by atoms with E-state index in [-0.39, 0.29) is 17.7 Å². The third-order valence-corrected chi connectivity index (χ3v) is 3.47. The molecule has 0 aromatic heterocycles. The van der Waals surface area contributed by atoms with E-state index in [0.29, 0.717) is 19.5 Å². The van der Waals surface area contributed by atoms with Gasteiger partial charge in [-0.1, -0.05) is 6.08 Å². The van der Waals surface area contributed by atoms with Crippen LogP contribution in [0.25, 0.3) is 0 Å². The van der Waals surface area contributed by atoms with Gasteiger partial charge in [-0.05, 0) is 37.3 Å². The van der Waals surface area contributed by atoms with E-state index in [1.54, 1.807) is 25.0 Å². The second-order valence-corrected chi connectivity index (χ2v) is 5.02. The smallest absolute Gasteiger partial charge is 0.243 e. The predicted octanol–water partition coefficient (Wildman–Crippen LogP) is 1.74. The molecule has 0 radical (unpaired) electrons. The molecule has 2 amide bonds. The topological polar surface area (TPSA) is 58.6 Å². The van der Waals surface area contributed by atoms with Gasteiger partial charge in [-0.15, -0.1) is 0 Å². The molecule has 1 saturated heterocycles. The molecule has 0 bridgehead atoms. The molecule has 1 aromatic rings. The van der Waals surface area contributed by atoms with Crippen molar-refractivity contribution in [2.24, 2.45) is 5.92 Å². The summed E-state index contributed by atoms with van der Waals surface area (Å²) in [6.07, 6.45) is 3.64. The molecule has 2 rings (SSSR count). The Morgan fingerprint density at radius 3 is 2.76 bits per heavy atom. The van der Waals surface area contributed by atoms with Crippen LogP contribution in [-0.4, -0.2) is 32.0 Å². The fourth-order valence-corrected chi connectivity index (χ4v) is 2.39. The number of anilines is 1. The highest BCUT2D eigenvalue weighted by Crippen LogP contribution is 2.26. The zero-order valence-electron chi connectivity index (χ0n) is 12.3.